The number of carbonyl (C=O) groups excluding carboxylic acids is 1. The van der Waals surface area contributed by atoms with Crippen molar-refractivity contribution in [1.82, 2.24) is 4.98 Å². The van der Waals surface area contributed by atoms with Gasteiger partial charge in [0, 0.05) is 22.8 Å². The molecule has 27 heavy (non-hydrogen) atoms. The van der Waals surface area contributed by atoms with E-state index in [0.29, 0.717) is 27.4 Å². The van der Waals surface area contributed by atoms with E-state index in [1.165, 1.54) is 18.2 Å². The van der Waals surface area contributed by atoms with Gasteiger partial charge in [0.25, 0.3) is 0 Å². The monoisotopic (exact) mass is 412 g/mol. The van der Waals surface area contributed by atoms with Crippen LogP contribution in [0.25, 0.3) is 10.6 Å². The summed E-state index contributed by atoms with van der Waals surface area (Å²) in [5.41, 5.74) is 0.158. The van der Waals surface area contributed by atoms with Crippen LogP contribution in [-0.2, 0) is 17.8 Å². The first-order valence-corrected chi connectivity index (χ1v) is 8.80. The number of hydrogen-bond donors (Lipinski definition) is 0. The molecule has 4 nitrogen and oxygen atoms in total. The molecule has 0 aliphatic carbocycles. The van der Waals surface area contributed by atoms with Crippen molar-refractivity contribution in [3.05, 3.63) is 69.4 Å². The van der Waals surface area contributed by atoms with Gasteiger partial charge in [-0.1, -0.05) is 11.6 Å². The fraction of sp³-hybridized carbons (Fsp3) is 0.111. The average Bonchev–Trinajstić information content (AvgIpc) is 3.07. The zero-order valence-electron chi connectivity index (χ0n) is 13.5. The predicted molar refractivity (Wildman–Crippen MR) is 91.9 cm³/mol. The summed E-state index contributed by atoms with van der Waals surface area (Å²) >= 11 is 7.14. The minimum absolute atomic E-state index is 0.205. The molecule has 0 unspecified atom stereocenters. The molecule has 0 aliphatic heterocycles. The maximum absolute atomic E-state index is 13.8. The molecule has 0 amide bonds. The lowest BCUT2D eigenvalue weighted by atomic mass is 10.2. The van der Waals surface area contributed by atoms with Crippen molar-refractivity contribution >= 4 is 28.9 Å². The Kier molecular flexibility index (Phi) is 5.67. The Hall–Kier alpha value is -2.58. The second-order valence-corrected chi connectivity index (χ2v) is 6.74. The molecule has 0 fully saturated rings. The number of aliphatic carboxylic acids is 1. The normalized spacial score (nSPS) is 10.8. The third kappa shape index (κ3) is 4.40. The lowest BCUT2D eigenvalue weighted by molar-refractivity contribution is -0.304. The summed E-state index contributed by atoms with van der Waals surface area (Å²) in [4.78, 5) is 14.9. The van der Waals surface area contributed by atoms with Crippen molar-refractivity contribution < 1.29 is 27.8 Å². The van der Waals surface area contributed by atoms with Crippen molar-refractivity contribution in [3.8, 4) is 16.3 Å². The van der Waals surface area contributed by atoms with E-state index in [1.807, 2.05) is 0 Å². The minimum Gasteiger partial charge on any atom is -0.550 e. The molecule has 2 aromatic carbocycles. The number of ether oxygens (including phenoxy) is 1. The topological polar surface area (TPSA) is 62.2 Å². The molecule has 0 N–H and O–H groups in total. The third-order valence-corrected chi connectivity index (χ3v) is 4.72. The number of hydrogen-bond acceptors (Lipinski definition) is 5. The van der Waals surface area contributed by atoms with Crippen molar-refractivity contribution in [1.29, 1.82) is 0 Å². The fourth-order valence-electron chi connectivity index (χ4n) is 2.31. The average molecular weight is 413 g/mol. The van der Waals surface area contributed by atoms with Crippen LogP contribution in [0.2, 0.25) is 5.02 Å². The summed E-state index contributed by atoms with van der Waals surface area (Å²) in [6.07, 6.45) is -0.354. The summed E-state index contributed by atoms with van der Waals surface area (Å²) in [5, 5.41) is 13.0. The SMILES string of the molecule is O=C([O-])Cc1csc(-c2cc(Cl)ccc2OCc2c(F)ccc(F)c2F)n1. The molecular weight excluding hydrogens is 403 g/mol. The standard InChI is InChI=1S/C18H11ClF3NO3S/c19-9-1-4-15(26-7-12-13(20)2-3-14(21)17(12)22)11(5-9)18-23-10(8-27-18)6-16(24)25/h1-5,8H,6-7H2,(H,24,25)/p-1. The van der Waals surface area contributed by atoms with Crippen molar-refractivity contribution in [2.24, 2.45) is 0 Å². The Morgan fingerprint density at radius 1 is 1.19 bits per heavy atom. The van der Waals surface area contributed by atoms with Crippen molar-refractivity contribution in [3.63, 3.8) is 0 Å². The predicted octanol–water partition coefficient (Wildman–Crippen LogP) is 3.75. The highest BCUT2D eigenvalue weighted by atomic mass is 35.5. The molecule has 0 radical (unpaired) electrons. The molecule has 0 saturated carbocycles. The quantitative estimate of drug-likeness (QED) is 0.578. The molecule has 0 atom stereocenters. The van der Waals surface area contributed by atoms with Crippen LogP contribution in [0.5, 0.6) is 5.75 Å². The molecule has 140 valence electrons. The van der Waals surface area contributed by atoms with Crippen molar-refractivity contribution in [2.45, 2.75) is 13.0 Å². The van der Waals surface area contributed by atoms with Gasteiger partial charge < -0.3 is 14.6 Å². The first-order valence-electron chi connectivity index (χ1n) is 7.54. The number of thiazole rings is 1. The Morgan fingerprint density at radius 3 is 2.67 bits per heavy atom. The third-order valence-electron chi connectivity index (χ3n) is 3.56. The van der Waals surface area contributed by atoms with Gasteiger partial charge in [0.1, 0.15) is 23.2 Å². The van der Waals surface area contributed by atoms with E-state index in [-0.39, 0.29) is 12.2 Å². The highest BCUT2D eigenvalue weighted by molar-refractivity contribution is 7.13. The highest BCUT2D eigenvalue weighted by Crippen LogP contribution is 2.35. The Labute approximate surface area is 160 Å². The lowest BCUT2D eigenvalue weighted by Crippen LogP contribution is -2.24. The number of nitrogens with zero attached hydrogens (tertiary/aromatic N) is 1. The number of aromatic nitrogens is 1. The molecule has 0 bridgehead atoms. The van der Waals surface area contributed by atoms with Gasteiger partial charge in [-0.25, -0.2) is 18.2 Å². The van der Waals surface area contributed by atoms with Crippen LogP contribution in [0.3, 0.4) is 0 Å². The van der Waals surface area contributed by atoms with Crippen LogP contribution in [0.1, 0.15) is 11.3 Å². The van der Waals surface area contributed by atoms with Gasteiger partial charge in [0.05, 0.1) is 16.8 Å². The molecule has 0 saturated heterocycles. The molecule has 9 heteroatoms. The molecule has 0 spiro atoms. The summed E-state index contributed by atoms with van der Waals surface area (Å²) in [6, 6.07) is 6.01. The molecule has 0 aliphatic rings. The summed E-state index contributed by atoms with van der Waals surface area (Å²) < 4.78 is 46.3. The van der Waals surface area contributed by atoms with Gasteiger partial charge in [0.15, 0.2) is 11.6 Å². The lowest BCUT2D eigenvalue weighted by Gasteiger charge is -2.12. The molecule has 3 rings (SSSR count). The Bertz CT molecular complexity index is 1010. The first kappa shape index (κ1) is 19.2. The van der Waals surface area contributed by atoms with E-state index in [1.54, 1.807) is 5.38 Å². The van der Waals surface area contributed by atoms with Gasteiger partial charge in [-0.05, 0) is 30.3 Å². The summed E-state index contributed by atoms with van der Waals surface area (Å²) in [7, 11) is 0. The van der Waals surface area contributed by atoms with Gasteiger partial charge in [-0.3, -0.25) is 0 Å². The van der Waals surface area contributed by atoms with E-state index in [4.69, 9.17) is 16.3 Å². The van der Waals surface area contributed by atoms with Crippen LogP contribution in [0.15, 0.2) is 35.7 Å². The smallest absolute Gasteiger partial charge is 0.168 e. The zero-order valence-corrected chi connectivity index (χ0v) is 15.0. The summed E-state index contributed by atoms with van der Waals surface area (Å²) in [6.45, 7) is -0.554. The maximum atomic E-state index is 13.8. The first-order chi connectivity index (χ1) is 12.8. The second-order valence-electron chi connectivity index (χ2n) is 5.44. The van der Waals surface area contributed by atoms with E-state index in [0.717, 1.165) is 17.4 Å². The number of rotatable bonds is 6. The van der Waals surface area contributed by atoms with Gasteiger partial charge in [-0.2, -0.15) is 0 Å². The minimum atomic E-state index is -1.32. The largest absolute Gasteiger partial charge is 0.550 e. The second kappa shape index (κ2) is 7.98. The van der Waals surface area contributed by atoms with Crippen LogP contribution in [0.4, 0.5) is 13.2 Å². The van der Waals surface area contributed by atoms with Gasteiger partial charge >= 0.3 is 0 Å². The zero-order chi connectivity index (χ0) is 19.6. The molecule has 3 aromatic rings. The van der Waals surface area contributed by atoms with Crippen LogP contribution < -0.4 is 9.84 Å². The van der Waals surface area contributed by atoms with E-state index >= 15 is 0 Å². The highest BCUT2D eigenvalue weighted by Gasteiger charge is 2.17. The number of halogens is 4. The number of carbonyl (C=O) groups is 1. The number of benzene rings is 2. The number of carboxylic acid groups (broad SMARTS) is 1. The molecule has 1 aromatic heterocycles. The maximum Gasteiger partial charge on any atom is 0.168 e. The fourth-order valence-corrected chi connectivity index (χ4v) is 3.32. The van der Waals surface area contributed by atoms with Gasteiger partial charge in [-0.15, -0.1) is 11.3 Å². The number of carboxylic acids is 1. The summed E-state index contributed by atoms with van der Waals surface area (Å²) in [5.74, 6) is -4.51. The van der Waals surface area contributed by atoms with E-state index < -0.39 is 35.6 Å². The molecular formula is C18H10ClF3NO3S-. The Morgan fingerprint density at radius 2 is 1.93 bits per heavy atom. The van der Waals surface area contributed by atoms with Gasteiger partial charge in [0.2, 0.25) is 0 Å². The van der Waals surface area contributed by atoms with Crippen LogP contribution in [-0.4, -0.2) is 11.0 Å². The van der Waals surface area contributed by atoms with Crippen LogP contribution in [0, 0.1) is 17.5 Å². The van der Waals surface area contributed by atoms with E-state index in [2.05, 4.69) is 4.98 Å². The van der Waals surface area contributed by atoms with Crippen molar-refractivity contribution in [2.75, 3.05) is 0 Å². The van der Waals surface area contributed by atoms with E-state index in [9.17, 15) is 23.1 Å². The molecule has 1 heterocycles. The Balaban J connectivity index is 1.90. The van der Waals surface area contributed by atoms with Crippen LogP contribution >= 0.6 is 22.9 Å².